The summed E-state index contributed by atoms with van der Waals surface area (Å²) < 4.78 is 38.7. The zero-order valence-corrected chi connectivity index (χ0v) is 11.1. The van der Waals surface area contributed by atoms with Gasteiger partial charge in [-0.15, -0.1) is 0 Å². The first-order valence-corrected chi connectivity index (χ1v) is 7.86. The fourth-order valence-corrected chi connectivity index (χ4v) is 4.12. The number of ether oxygens (including phenoxy) is 3. The van der Waals surface area contributed by atoms with Crippen molar-refractivity contribution >= 4 is 15.8 Å². The van der Waals surface area contributed by atoms with Gasteiger partial charge in [0, 0.05) is 5.92 Å². The first kappa shape index (κ1) is 13.8. The molecule has 0 amide bonds. The number of hydrogen-bond acceptors (Lipinski definition) is 6. The van der Waals surface area contributed by atoms with Gasteiger partial charge in [0.05, 0.1) is 37.7 Å². The fraction of sp³-hybridized carbons (Fsp3) is 0.909. The number of sulfone groups is 1. The average Bonchev–Trinajstić information content (AvgIpc) is 2.76. The summed E-state index contributed by atoms with van der Waals surface area (Å²) >= 11 is 0. The summed E-state index contributed by atoms with van der Waals surface area (Å²) in [6, 6.07) is 0. The van der Waals surface area contributed by atoms with Gasteiger partial charge in [0.2, 0.25) is 0 Å². The minimum absolute atomic E-state index is 0.114. The van der Waals surface area contributed by atoms with Crippen LogP contribution in [0.1, 0.15) is 19.3 Å². The molecule has 2 fully saturated rings. The topological polar surface area (TPSA) is 78.9 Å². The Balaban J connectivity index is 1.87. The molecule has 2 aliphatic rings. The van der Waals surface area contributed by atoms with E-state index in [1.807, 2.05) is 0 Å². The van der Waals surface area contributed by atoms with Gasteiger partial charge in [0.1, 0.15) is 0 Å². The molecule has 2 saturated heterocycles. The molecule has 3 unspecified atom stereocenters. The lowest BCUT2D eigenvalue weighted by Crippen LogP contribution is -2.34. The predicted molar refractivity (Wildman–Crippen MR) is 62.6 cm³/mol. The third-order valence-corrected chi connectivity index (χ3v) is 5.12. The second kappa shape index (κ2) is 5.54. The predicted octanol–water partition coefficient (Wildman–Crippen LogP) is 0.116. The second-order valence-electron chi connectivity index (χ2n) is 4.76. The molecule has 0 aromatic rings. The molecule has 2 rings (SSSR count). The van der Waals surface area contributed by atoms with Crippen molar-refractivity contribution in [1.82, 2.24) is 0 Å². The van der Waals surface area contributed by atoms with Crippen LogP contribution in [0.3, 0.4) is 0 Å². The smallest absolute Gasteiger partial charge is 0.308 e. The van der Waals surface area contributed by atoms with Gasteiger partial charge >= 0.3 is 5.97 Å². The molecule has 2 heterocycles. The summed E-state index contributed by atoms with van der Waals surface area (Å²) in [5, 5.41) is 0. The van der Waals surface area contributed by atoms with Crippen molar-refractivity contribution in [2.24, 2.45) is 5.92 Å². The van der Waals surface area contributed by atoms with Crippen LogP contribution in [0.2, 0.25) is 0 Å². The Bertz CT molecular complexity index is 404. The Labute approximate surface area is 107 Å². The summed E-state index contributed by atoms with van der Waals surface area (Å²) in [5.74, 6) is -0.100. The molecule has 0 spiro atoms. The number of methoxy groups -OCH3 is 1. The van der Waals surface area contributed by atoms with Gasteiger partial charge in [0.15, 0.2) is 16.1 Å². The quantitative estimate of drug-likeness (QED) is 0.682. The van der Waals surface area contributed by atoms with Crippen molar-refractivity contribution in [3.63, 3.8) is 0 Å². The Morgan fingerprint density at radius 3 is 2.89 bits per heavy atom. The largest absolute Gasteiger partial charge is 0.469 e. The summed E-state index contributed by atoms with van der Waals surface area (Å²) in [4.78, 5) is 11.1. The van der Waals surface area contributed by atoms with E-state index in [1.165, 1.54) is 7.11 Å². The Morgan fingerprint density at radius 2 is 2.22 bits per heavy atom. The van der Waals surface area contributed by atoms with E-state index >= 15 is 0 Å². The van der Waals surface area contributed by atoms with Crippen LogP contribution in [0, 0.1) is 5.92 Å². The van der Waals surface area contributed by atoms with E-state index < -0.39 is 16.1 Å². The summed E-state index contributed by atoms with van der Waals surface area (Å²) in [6.45, 7) is 0.316. The van der Waals surface area contributed by atoms with E-state index in [-0.39, 0.29) is 35.9 Å². The average molecular weight is 278 g/mol. The van der Waals surface area contributed by atoms with Crippen molar-refractivity contribution in [2.75, 3.05) is 25.2 Å². The number of esters is 1. The molecule has 18 heavy (non-hydrogen) atoms. The normalized spacial score (nSPS) is 35.3. The van der Waals surface area contributed by atoms with E-state index in [4.69, 9.17) is 9.47 Å². The molecule has 7 heteroatoms. The van der Waals surface area contributed by atoms with E-state index in [0.717, 1.165) is 6.42 Å². The molecule has 104 valence electrons. The number of rotatable bonds is 3. The van der Waals surface area contributed by atoms with Crippen molar-refractivity contribution in [2.45, 2.75) is 31.7 Å². The summed E-state index contributed by atoms with van der Waals surface area (Å²) in [6.07, 6.45) is 0.751. The minimum atomic E-state index is -2.97. The second-order valence-corrected chi connectivity index (χ2v) is 6.99. The Morgan fingerprint density at radius 1 is 1.44 bits per heavy atom. The van der Waals surface area contributed by atoms with Crippen LogP contribution >= 0.6 is 0 Å². The standard InChI is InChI=1S/C11H18O6S/c1-15-10(12)5-9-6-16-11(17-9)8-3-2-4-18(13,14)7-8/h8-9,11H,2-7H2,1H3. The lowest BCUT2D eigenvalue weighted by molar-refractivity contribution is -0.144. The maximum atomic E-state index is 11.5. The van der Waals surface area contributed by atoms with Gasteiger partial charge in [-0.2, -0.15) is 0 Å². The molecule has 3 atom stereocenters. The van der Waals surface area contributed by atoms with Crippen molar-refractivity contribution in [1.29, 1.82) is 0 Å². The highest BCUT2D eigenvalue weighted by Crippen LogP contribution is 2.28. The van der Waals surface area contributed by atoms with Gasteiger partial charge in [-0.1, -0.05) is 0 Å². The molecule has 0 N–H and O–H groups in total. The lowest BCUT2D eigenvalue weighted by Gasteiger charge is -2.26. The number of carbonyl (C=O) groups excluding carboxylic acids is 1. The molecule has 0 radical (unpaired) electrons. The third kappa shape index (κ3) is 3.43. The zero-order valence-electron chi connectivity index (χ0n) is 10.3. The van der Waals surface area contributed by atoms with Gasteiger partial charge in [0.25, 0.3) is 0 Å². The van der Waals surface area contributed by atoms with Gasteiger partial charge in [-0.05, 0) is 12.8 Å². The van der Waals surface area contributed by atoms with Crippen LogP contribution in [-0.2, 0) is 28.8 Å². The van der Waals surface area contributed by atoms with Crippen LogP contribution in [0.15, 0.2) is 0 Å². The molecule has 0 bridgehead atoms. The molecular formula is C11H18O6S. The van der Waals surface area contributed by atoms with E-state index in [9.17, 15) is 13.2 Å². The van der Waals surface area contributed by atoms with Gasteiger partial charge in [-0.25, -0.2) is 8.42 Å². The first-order valence-electron chi connectivity index (χ1n) is 6.04. The first-order chi connectivity index (χ1) is 8.50. The number of hydrogen-bond donors (Lipinski definition) is 0. The maximum Gasteiger partial charge on any atom is 0.308 e. The van der Waals surface area contributed by atoms with Crippen molar-refractivity contribution in [3.8, 4) is 0 Å². The van der Waals surface area contributed by atoms with Gasteiger partial charge < -0.3 is 14.2 Å². The highest BCUT2D eigenvalue weighted by Gasteiger charge is 2.37. The molecule has 6 nitrogen and oxygen atoms in total. The lowest BCUT2D eigenvalue weighted by atomic mass is 10.1. The maximum absolute atomic E-state index is 11.5. The zero-order chi connectivity index (χ0) is 13.2. The van der Waals surface area contributed by atoms with Crippen LogP contribution in [-0.4, -0.2) is 52.0 Å². The monoisotopic (exact) mass is 278 g/mol. The van der Waals surface area contributed by atoms with Gasteiger partial charge in [-0.3, -0.25) is 4.79 Å². The van der Waals surface area contributed by atoms with E-state index in [0.29, 0.717) is 13.0 Å². The molecule has 0 aromatic carbocycles. The molecule has 2 aliphatic heterocycles. The Kier molecular flexibility index (Phi) is 4.24. The van der Waals surface area contributed by atoms with Crippen LogP contribution in [0.25, 0.3) is 0 Å². The third-order valence-electron chi connectivity index (χ3n) is 3.28. The molecular weight excluding hydrogens is 260 g/mol. The summed E-state index contributed by atoms with van der Waals surface area (Å²) in [7, 11) is -1.64. The summed E-state index contributed by atoms with van der Waals surface area (Å²) in [5.41, 5.74) is 0. The highest BCUT2D eigenvalue weighted by atomic mass is 32.2. The van der Waals surface area contributed by atoms with Crippen LogP contribution < -0.4 is 0 Å². The van der Waals surface area contributed by atoms with E-state index in [2.05, 4.69) is 4.74 Å². The number of carbonyl (C=O) groups is 1. The van der Waals surface area contributed by atoms with E-state index in [1.54, 1.807) is 0 Å². The van der Waals surface area contributed by atoms with Crippen LogP contribution in [0.5, 0.6) is 0 Å². The molecule has 0 saturated carbocycles. The van der Waals surface area contributed by atoms with Crippen molar-refractivity contribution < 1.29 is 27.4 Å². The molecule has 0 aliphatic carbocycles. The molecule has 0 aromatic heterocycles. The fourth-order valence-electron chi connectivity index (χ4n) is 2.37. The van der Waals surface area contributed by atoms with Crippen LogP contribution in [0.4, 0.5) is 0 Å². The SMILES string of the molecule is COC(=O)CC1COC(C2CCCS(=O)(=O)C2)O1. The highest BCUT2D eigenvalue weighted by molar-refractivity contribution is 7.91. The Hall–Kier alpha value is -0.660. The minimum Gasteiger partial charge on any atom is -0.469 e. The van der Waals surface area contributed by atoms with Crippen molar-refractivity contribution in [3.05, 3.63) is 0 Å².